The van der Waals surface area contributed by atoms with Crippen LogP contribution in [0.2, 0.25) is 0 Å². The van der Waals surface area contributed by atoms with Crippen molar-refractivity contribution in [2.24, 2.45) is 5.73 Å². The summed E-state index contributed by atoms with van der Waals surface area (Å²) in [4.78, 5) is 10.7. The number of nitrogens with two attached hydrogens (primary N) is 1. The van der Waals surface area contributed by atoms with Crippen LogP contribution in [0, 0.1) is 0 Å². The van der Waals surface area contributed by atoms with Crippen LogP contribution in [0.4, 0.5) is 0 Å². The highest BCUT2D eigenvalue weighted by Crippen LogP contribution is 2.34. The molecule has 1 atom stereocenters. The molecule has 0 saturated heterocycles. The molecule has 0 spiro atoms. The zero-order chi connectivity index (χ0) is 13.4. The molecule has 1 unspecified atom stereocenters. The second-order valence-corrected chi connectivity index (χ2v) is 4.50. The van der Waals surface area contributed by atoms with Crippen LogP contribution >= 0.6 is 0 Å². The number of rotatable bonds is 4. The molecule has 19 heavy (non-hydrogen) atoms. The summed E-state index contributed by atoms with van der Waals surface area (Å²) in [5, 5.41) is 10.5. The fourth-order valence-corrected chi connectivity index (χ4v) is 2.36. The fourth-order valence-electron chi connectivity index (χ4n) is 2.36. The van der Waals surface area contributed by atoms with Crippen LogP contribution < -0.4 is 5.73 Å². The smallest absolute Gasteiger partial charge is 0.303 e. The molecule has 2 aromatic heterocycles. The Morgan fingerprint density at radius 1 is 1.32 bits per heavy atom. The number of benzene rings is 1. The Morgan fingerprint density at radius 3 is 2.89 bits per heavy atom. The van der Waals surface area contributed by atoms with E-state index in [4.69, 9.17) is 19.7 Å². The van der Waals surface area contributed by atoms with E-state index in [1.807, 2.05) is 18.2 Å². The summed E-state index contributed by atoms with van der Waals surface area (Å²) in [6.45, 7) is 0. The second-order valence-electron chi connectivity index (χ2n) is 4.50. The van der Waals surface area contributed by atoms with Crippen molar-refractivity contribution < 1.29 is 18.7 Å². The molecule has 0 amide bonds. The maximum absolute atomic E-state index is 10.7. The van der Waals surface area contributed by atoms with Crippen LogP contribution in [0.5, 0.6) is 0 Å². The molecule has 0 fully saturated rings. The minimum atomic E-state index is -0.856. The van der Waals surface area contributed by atoms with E-state index in [0.717, 1.165) is 21.9 Å². The van der Waals surface area contributed by atoms with E-state index in [0.29, 0.717) is 12.0 Å². The Morgan fingerprint density at radius 2 is 2.11 bits per heavy atom. The molecule has 5 heteroatoms. The maximum Gasteiger partial charge on any atom is 0.303 e. The van der Waals surface area contributed by atoms with Gasteiger partial charge in [0.05, 0.1) is 12.5 Å². The largest absolute Gasteiger partial charge is 0.481 e. The van der Waals surface area contributed by atoms with Gasteiger partial charge in [-0.3, -0.25) is 4.79 Å². The summed E-state index contributed by atoms with van der Waals surface area (Å²) in [5.74, 6) is -0.856. The molecular weight excluding hydrogens is 246 g/mol. The van der Waals surface area contributed by atoms with Gasteiger partial charge < -0.3 is 19.7 Å². The van der Waals surface area contributed by atoms with Crippen molar-refractivity contribution in [3.05, 3.63) is 36.3 Å². The third kappa shape index (κ3) is 1.98. The number of carboxylic acid groups (broad SMARTS) is 1. The molecule has 5 nitrogen and oxygen atoms in total. The Labute approximate surface area is 108 Å². The molecule has 3 rings (SSSR count). The van der Waals surface area contributed by atoms with Gasteiger partial charge in [-0.15, -0.1) is 0 Å². The SMILES string of the molecule is NC(CCC(=O)O)c1c2ccoc2cc2ccoc12. The van der Waals surface area contributed by atoms with Gasteiger partial charge in [0, 0.05) is 28.8 Å². The summed E-state index contributed by atoms with van der Waals surface area (Å²) in [5.41, 5.74) is 8.37. The Bertz CT molecular complexity index is 691. The maximum atomic E-state index is 10.7. The Hall–Kier alpha value is -2.27. The first-order valence-electron chi connectivity index (χ1n) is 6.01. The van der Waals surface area contributed by atoms with Crippen LogP contribution in [-0.4, -0.2) is 11.1 Å². The second kappa shape index (κ2) is 4.44. The number of fused-ring (bicyclic) bond motifs is 2. The topological polar surface area (TPSA) is 89.6 Å². The summed E-state index contributed by atoms with van der Waals surface area (Å²) in [6, 6.07) is 5.16. The van der Waals surface area contributed by atoms with Crippen LogP contribution in [0.25, 0.3) is 21.9 Å². The van der Waals surface area contributed by atoms with Gasteiger partial charge in [-0.1, -0.05) is 0 Å². The zero-order valence-electron chi connectivity index (χ0n) is 10.1. The van der Waals surface area contributed by atoms with Crippen molar-refractivity contribution in [1.29, 1.82) is 0 Å². The highest BCUT2D eigenvalue weighted by atomic mass is 16.4. The molecular formula is C14H13NO4. The van der Waals surface area contributed by atoms with Crippen molar-refractivity contribution in [3.8, 4) is 0 Å². The van der Waals surface area contributed by atoms with Crippen molar-refractivity contribution in [3.63, 3.8) is 0 Å². The molecule has 0 aliphatic rings. The predicted octanol–water partition coefficient (Wildman–Crippen LogP) is 3.04. The summed E-state index contributed by atoms with van der Waals surface area (Å²) in [7, 11) is 0. The number of furan rings is 2. The van der Waals surface area contributed by atoms with Gasteiger partial charge in [0.15, 0.2) is 0 Å². The van der Waals surface area contributed by atoms with Gasteiger partial charge in [-0.05, 0) is 24.6 Å². The van der Waals surface area contributed by atoms with E-state index in [9.17, 15) is 4.79 Å². The van der Waals surface area contributed by atoms with Gasteiger partial charge >= 0.3 is 5.97 Å². The molecule has 3 N–H and O–H groups in total. The molecule has 0 bridgehead atoms. The standard InChI is InChI=1S/C14H13NO4/c15-10(1-2-12(16)17)13-9-4-6-18-11(9)7-8-3-5-19-14(8)13/h3-7,10H,1-2,15H2,(H,16,17). The van der Waals surface area contributed by atoms with Crippen LogP contribution in [0.1, 0.15) is 24.4 Å². The monoisotopic (exact) mass is 259 g/mol. The minimum Gasteiger partial charge on any atom is -0.481 e. The van der Waals surface area contributed by atoms with Gasteiger partial charge in [0.1, 0.15) is 11.2 Å². The number of carbonyl (C=O) groups is 1. The van der Waals surface area contributed by atoms with E-state index in [1.165, 1.54) is 0 Å². The van der Waals surface area contributed by atoms with Crippen molar-refractivity contribution >= 4 is 27.9 Å². The first-order chi connectivity index (χ1) is 9.16. The van der Waals surface area contributed by atoms with Gasteiger partial charge in [-0.2, -0.15) is 0 Å². The highest BCUT2D eigenvalue weighted by Gasteiger charge is 2.19. The van der Waals surface area contributed by atoms with Crippen molar-refractivity contribution in [2.75, 3.05) is 0 Å². The van der Waals surface area contributed by atoms with Crippen LogP contribution in [0.15, 0.2) is 39.6 Å². The highest BCUT2D eigenvalue weighted by molar-refractivity contribution is 5.98. The van der Waals surface area contributed by atoms with Gasteiger partial charge in [0.2, 0.25) is 0 Å². The first kappa shape index (κ1) is 11.8. The lowest BCUT2D eigenvalue weighted by Crippen LogP contribution is -2.12. The average Bonchev–Trinajstić information content (AvgIpc) is 3.00. The number of hydrogen-bond donors (Lipinski definition) is 2. The lowest BCUT2D eigenvalue weighted by Gasteiger charge is -2.12. The van der Waals surface area contributed by atoms with Gasteiger partial charge in [0.25, 0.3) is 0 Å². The quantitative estimate of drug-likeness (QED) is 0.751. The van der Waals surface area contributed by atoms with Crippen molar-refractivity contribution in [1.82, 2.24) is 0 Å². The first-order valence-corrected chi connectivity index (χ1v) is 6.01. The van der Waals surface area contributed by atoms with Crippen LogP contribution in [0.3, 0.4) is 0 Å². The van der Waals surface area contributed by atoms with E-state index in [-0.39, 0.29) is 6.42 Å². The molecule has 0 saturated carbocycles. The van der Waals surface area contributed by atoms with E-state index < -0.39 is 12.0 Å². The molecule has 0 aliphatic carbocycles. The third-order valence-corrected chi connectivity index (χ3v) is 3.25. The summed E-state index contributed by atoms with van der Waals surface area (Å²) < 4.78 is 10.9. The lowest BCUT2D eigenvalue weighted by atomic mass is 9.97. The van der Waals surface area contributed by atoms with Gasteiger partial charge in [-0.25, -0.2) is 0 Å². The van der Waals surface area contributed by atoms with Crippen LogP contribution in [-0.2, 0) is 4.79 Å². The fraction of sp³-hybridized carbons (Fsp3) is 0.214. The molecule has 0 aliphatic heterocycles. The molecule has 2 heterocycles. The molecule has 0 radical (unpaired) electrons. The minimum absolute atomic E-state index is 0.0254. The summed E-state index contributed by atoms with van der Waals surface area (Å²) in [6.07, 6.45) is 3.57. The summed E-state index contributed by atoms with van der Waals surface area (Å²) >= 11 is 0. The Balaban J connectivity index is 2.13. The number of hydrogen-bond acceptors (Lipinski definition) is 4. The third-order valence-electron chi connectivity index (χ3n) is 3.25. The van der Waals surface area contributed by atoms with Crippen molar-refractivity contribution in [2.45, 2.75) is 18.9 Å². The number of aliphatic carboxylic acids is 1. The molecule has 98 valence electrons. The molecule has 1 aromatic carbocycles. The average molecular weight is 259 g/mol. The van der Waals surface area contributed by atoms with E-state index in [1.54, 1.807) is 12.5 Å². The normalized spacial score (nSPS) is 13.1. The number of carboxylic acids is 1. The Kier molecular flexibility index (Phi) is 2.76. The van der Waals surface area contributed by atoms with E-state index >= 15 is 0 Å². The molecule has 3 aromatic rings. The predicted molar refractivity (Wildman–Crippen MR) is 69.8 cm³/mol. The lowest BCUT2D eigenvalue weighted by molar-refractivity contribution is -0.137. The zero-order valence-corrected chi connectivity index (χ0v) is 10.1. The van der Waals surface area contributed by atoms with E-state index in [2.05, 4.69) is 0 Å².